The van der Waals surface area contributed by atoms with E-state index in [2.05, 4.69) is 31.5 Å². The third-order valence-electron chi connectivity index (χ3n) is 2.76. The van der Waals surface area contributed by atoms with Gasteiger partial charge in [-0.3, -0.25) is 4.79 Å². The summed E-state index contributed by atoms with van der Waals surface area (Å²) >= 11 is 3.17. The van der Waals surface area contributed by atoms with Gasteiger partial charge in [-0.2, -0.15) is 0 Å². The Labute approximate surface area is 130 Å². The molecule has 2 rings (SSSR count). The topological polar surface area (TPSA) is 54.0 Å². The van der Waals surface area contributed by atoms with Crippen LogP contribution in [0.25, 0.3) is 0 Å². The van der Waals surface area contributed by atoms with E-state index in [-0.39, 0.29) is 11.6 Å². The number of halogens is 2. The summed E-state index contributed by atoms with van der Waals surface area (Å²) in [5.41, 5.74) is 0.564. The Balaban J connectivity index is 2.12. The minimum Gasteiger partial charge on any atom is -0.370 e. The highest BCUT2D eigenvalue weighted by Crippen LogP contribution is 2.20. The molecule has 0 fully saturated rings. The van der Waals surface area contributed by atoms with E-state index >= 15 is 0 Å². The lowest BCUT2D eigenvalue weighted by atomic mass is 10.2. The lowest BCUT2D eigenvalue weighted by Gasteiger charge is -2.08. The molecule has 4 nitrogen and oxygen atoms in total. The lowest BCUT2D eigenvalue weighted by Crippen LogP contribution is -2.14. The fourth-order valence-corrected chi connectivity index (χ4v) is 2.04. The fourth-order valence-electron chi connectivity index (χ4n) is 1.71. The van der Waals surface area contributed by atoms with Gasteiger partial charge in [-0.1, -0.05) is 22.9 Å². The van der Waals surface area contributed by atoms with Crippen LogP contribution < -0.4 is 10.6 Å². The molecule has 1 amide bonds. The Morgan fingerprint density at radius 1 is 1.33 bits per heavy atom. The largest absolute Gasteiger partial charge is 0.370 e. The number of hydrogen-bond donors (Lipinski definition) is 2. The van der Waals surface area contributed by atoms with Crippen LogP contribution in [0.4, 0.5) is 15.9 Å². The van der Waals surface area contributed by atoms with Crippen molar-refractivity contribution in [2.45, 2.75) is 13.3 Å². The summed E-state index contributed by atoms with van der Waals surface area (Å²) < 4.78 is 14.3. The van der Waals surface area contributed by atoms with Gasteiger partial charge in [0.1, 0.15) is 11.6 Å². The second-order valence-electron chi connectivity index (χ2n) is 4.43. The average Bonchev–Trinajstić information content (AvgIpc) is 2.48. The molecule has 0 atom stereocenters. The van der Waals surface area contributed by atoms with Crippen molar-refractivity contribution in [1.82, 2.24) is 4.98 Å². The molecular formula is C15H15BrFN3O. The predicted molar refractivity (Wildman–Crippen MR) is 85.1 cm³/mol. The minimum atomic E-state index is -0.490. The minimum absolute atomic E-state index is 0.142. The molecule has 110 valence electrons. The number of nitrogens with zero attached hydrogens (tertiary/aromatic N) is 1. The van der Waals surface area contributed by atoms with Gasteiger partial charge < -0.3 is 10.6 Å². The van der Waals surface area contributed by atoms with Crippen molar-refractivity contribution in [2.24, 2.45) is 0 Å². The number of carbonyl (C=O) groups is 1. The Bertz CT molecular complexity index is 649. The number of anilines is 2. The number of benzene rings is 1. The summed E-state index contributed by atoms with van der Waals surface area (Å²) in [6.07, 6.45) is 2.51. The monoisotopic (exact) mass is 351 g/mol. The zero-order valence-corrected chi connectivity index (χ0v) is 13.1. The van der Waals surface area contributed by atoms with Crippen molar-refractivity contribution in [2.75, 3.05) is 17.2 Å². The van der Waals surface area contributed by atoms with Crippen LogP contribution in [0.5, 0.6) is 0 Å². The summed E-state index contributed by atoms with van der Waals surface area (Å²) in [4.78, 5) is 16.3. The second kappa shape index (κ2) is 7.17. The highest BCUT2D eigenvalue weighted by Gasteiger charge is 2.10. The first-order chi connectivity index (χ1) is 10.1. The van der Waals surface area contributed by atoms with Crippen molar-refractivity contribution in [1.29, 1.82) is 0 Å². The van der Waals surface area contributed by atoms with Gasteiger partial charge in [0.05, 0.1) is 5.69 Å². The number of nitrogens with one attached hydrogen (secondary N) is 2. The van der Waals surface area contributed by atoms with Crippen LogP contribution in [0.1, 0.15) is 23.7 Å². The van der Waals surface area contributed by atoms with Gasteiger partial charge in [-0.05, 0) is 36.8 Å². The van der Waals surface area contributed by atoms with E-state index in [1.54, 1.807) is 24.4 Å². The van der Waals surface area contributed by atoms with Crippen LogP contribution >= 0.6 is 15.9 Å². The van der Waals surface area contributed by atoms with Crippen LogP contribution in [-0.4, -0.2) is 17.4 Å². The molecule has 0 bridgehead atoms. The van der Waals surface area contributed by atoms with E-state index in [4.69, 9.17) is 0 Å². The molecule has 0 unspecified atom stereocenters. The van der Waals surface area contributed by atoms with Crippen LogP contribution in [-0.2, 0) is 0 Å². The molecule has 0 saturated carbocycles. The van der Waals surface area contributed by atoms with E-state index in [1.807, 2.05) is 6.92 Å². The van der Waals surface area contributed by atoms with Gasteiger partial charge in [-0.15, -0.1) is 0 Å². The highest BCUT2D eigenvalue weighted by molar-refractivity contribution is 9.10. The zero-order chi connectivity index (χ0) is 15.2. The van der Waals surface area contributed by atoms with Gasteiger partial charge >= 0.3 is 0 Å². The Morgan fingerprint density at radius 3 is 2.86 bits per heavy atom. The average molecular weight is 352 g/mol. The Hall–Kier alpha value is -1.95. The lowest BCUT2D eigenvalue weighted by molar-refractivity contribution is 0.102. The molecule has 2 aromatic rings. The number of hydrogen-bond acceptors (Lipinski definition) is 3. The number of aromatic nitrogens is 1. The molecule has 21 heavy (non-hydrogen) atoms. The summed E-state index contributed by atoms with van der Waals surface area (Å²) in [5, 5.41) is 5.65. The zero-order valence-electron chi connectivity index (χ0n) is 11.5. The first-order valence-electron chi connectivity index (χ1n) is 6.56. The van der Waals surface area contributed by atoms with Gasteiger partial charge in [0.2, 0.25) is 0 Å². The fraction of sp³-hybridized carbons (Fsp3) is 0.200. The van der Waals surface area contributed by atoms with E-state index in [0.29, 0.717) is 15.9 Å². The first kappa shape index (κ1) is 15.4. The van der Waals surface area contributed by atoms with Crippen molar-refractivity contribution >= 4 is 33.3 Å². The number of carbonyl (C=O) groups excluding carboxylic acids is 1. The molecule has 0 radical (unpaired) electrons. The summed E-state index contributed by atoms with van der Waals surface area (Å²) in [5.74, 6) is -0.241. The van der Waals surface area contributed by atoms with E-state index < -0.39 is 5.82 Å². The van der Waals surface area contributed by atoms with Crippen molar-refractivity contribution < 1.29 is 9.18 Å². The molecule has 0 spiro atoms. The van der Waals surface area contributed by atoms with Crippen molar-refractivity contribution in [3.63, 3.8) is 0 Å². The van der Waals surface area contributed by atoms with Crippen LogP contribution in [0.15, 0.2) is 41.0 Å². The molecule has 1 aromatic heterocycles. The maximum absolute atomic E-state index is 13.7. The maximum Gasteiger partial charge on any atom is 0.255 e. The third-order valence-corrected chi connectivity index (χ3v) is 3.25. The predicted octanol–water partition coefficient (Wildman–Crippen LogP) is 4.06. The second-order valence-corrected chi connectivity index (χ2v) is 5.35. The SMILES string of the molecule is CCCNc1cc(C(=O)Nc2ccc(Br)cc2F)ccn1. The first-order valence-corrected chi connectivity index (χ1v) is 7.35. The third kappa shape index (κ3) is 4.26. The summed E-state index contributed by atoms with van der Waals surface area (Å²) in [7, 11) is 0. The maximum atomic E-state index is 13.7. The number of rotatable bonds is 5. The molecule has 0 aliphatic rings. The van der Waals surface area contributed by atoms with E-state index in [0.717, 1.165) is 13.0 Å². The highest BCUT2D eigenvalue weighted by atomic mass is 79.9. The van der Waals surface area contributed by atoms with Crippen molar-refractivity contribution in [3.05, 3.63) is 52.4 Å². The van der Waals surface area contributed by atoms with Gasteiger partial charge in [-0.25, -0.2) is 9.37 Å². The molecule has 0 saturated heterocycles. The number of pyridine rings is 1. The van der Waals surface area contributed by atoms with Crippen LogP contribution in [0, 0.1) is 5.82 Å². The smallest absolute Gasteiger partial charge is 0.255 e. The molecule has 2 N–H and O–H groups in total. The van der Waals surface area contributed by atoms with E-state index in [9.17, 15) is 9.18 Å². The molecule has 1 aromatic carbocycles. The normalized spacial score (nSPS) is 10.2. The summed E-state index contributed by atoms with van der Waals surface area (Å²) in [6, 6.07) is 7.70. The molecule has 1 heterocycles. The molecule has 0 aliphatic carbocycles. The molecular weight excluding hydrogens is 337 g/mol. The number of amides is 1. The van der Waals surface area contributed by atoms with Crippen molar-refractivity contribution in [3.8, 4) is 0 Å². The molecule has 6 heteroatoms. The van der Waals surface area contributed by atoms with Gasteiger partial charge in [0, 0.05) is 22.8 Å². The molecule has 0 aliphatic heterocycles. The van der Waals surface area contributed by atoms with Crippen LogP contribution in [0.2, 0.25) is 0 Å². The van der Waals surface area contributed by atoms with Gasteiger partial charge in [0.25, 0.3) is 5.91 Å². The van der Waals surface area contributed by atoms with Crippen LogP contribution in [0.3, 0.4) is 0 Å². The quantitative estimate of drug-likeness (QED) is 0.853. The van der Waals surface area contributed by atoms with Gasteiger partial charge in [0.15, 0.2) is 0 Å². The summed E-state index contributed by atoms with van der Waals surface area (Å²) in [6.45, 7) is 2.82. The Kier molecular flexibility index (Phi) is 5.27. The Morgan fingerprint density at radius 2 is 2.14 bits per heavy atom. The van der Waals surface area contributed by atoms with E-state index in [1.165, 1.54) is 12.1 Å². The standard InChI is InChI=1S/C15H15BrFN3O/c1-2-6-18-14-8-10(5-7-19-14)15(21)20-13-4-3-11(16)9-12(13)17/h3-5,7-9H,2,6H2,1H3,(H,18,19)(H,20,21).